The molecule has 2 rings (SSSR count). The molecule has 0 aliphatic carbocycles. The Morgan fingerprint density at radius 3 is 2.68 bits per heavy atom. The van der Waals surface area contributed by atoms with Crippen LogP contribution in [0.15, 0.2) is 33.7 Å². The SMILES string of the molecule is CCCNCc1ccc(SCc2noc(C)n2)cc1. The standard InChI is InChI=1S/C14H19N3OS/c1-3-8-15-9-12-4-6-13(7-5-12)19-10-14-16-11(2)18-17-14/h4-7,15H,3,8-10H2,1-2H3. The molecule has 0 saturated carbocycles. The van der Waals surface area contributed by atoms with E-state index in [2.05, 4.69) is 46.6 Å². The molecule has 102 valence electrons. The summed E-state index contributed by atoms with van der Waals surface area (Å²) in [6.45, 7) is 5.97. The molecule has 2 aromatic rings. The van der Waals surface area contributed by atoms with Gasteiger partial charge in [-0.15, -0.1) is 11.8 Å². The summed E-state index contributed by atoms with van der Waals surface area (Å²) in [6.07, 6.45) is 1.16. The number of aromatic nitrogens is 2. The van der Waals surface area contributed by atoms with Crippen LogP contribution in [0.5, 0.6) is 0 Å². The Morgan fingerprint density at radius 2 is 2.05 bits per heavy atom. The summed E-state index contributed by atoms with van der Waals surface area (Å²) < 4.78 is 4.94. The number of nitrogens with one attached hydrogen (secondary N) is 1. The van der Waals surface area contributed by atoms with E-state index in [1.165, 1.54) is 10.5 Å². The first-order chi connectivity index (χ1) is 9.28. The van der Waals surface area contributed by atoms with Gasteiger partial charge in [-0.25, -0.2) is 0 Å². The van der Waals surface area contributed by atoms with Gasteiger partial charge in [-0.3, -0.25) is 0 Å². The van der Waals surface area contributed by atoms with Crippen molar-refractivity contribution in [3.05, 3.63) is 41.5 Å². The third kappa shape index (κ3) is 4.69. The van der Waals surface area contributed by atoms with Crippen LogP contribution in [0.1, 0.15) is 30.6 Å². The van der Waals surface area contributed by atoms with E-state index in [1.54, 1.807) is 18.7 Å². The lowest BCUT2D eigenvalue weighted by Gasteiger charge is -2.04. The van der Waals surface area contributed by atoms with E-state index in [0.29, 0.717) is 5.89 Å². The quantitative estimate of drug-likeness (QED) is 0.622. The van der Waals surface area contributed by atoms with Crippen LogP contribution in [0.3, 0.4) is 0 Å². The lowest BCUT2D eigenvalue weighted by atomic mass is 10.2. The lowest BCUT2D eigenvalue weighted by Crippen LogP contribution is -2.13. The largest absolute Gasteiger partial charge is 0.340 e. The zero-order valence-electron chi connectivity index (χ0n) is 11.3. The monoisotopic (exact) mass is 277 g/mol. The van der Waals surface area contributed by atoms with E-state index in [9.17, 15) is 0 Å². The number of hydrogen-bond donors (Lipinski definition) is 1. The molecular weight excluding hydrogens is 258 g/mol. The minimum absolute atomic E-state index is 0.618. The van der Waals surface area contributed by atoms with E-state index in [0.717, 1.165) is 31.1 Å². The summed E-state index contributed by atoms with van der Waals surface area (Å²) in [5.74, 6) is 2.11. The first-order valence-corrected chi connectivity index (χ1v) is 7.48. The Labute approximate surface area is 118 Å². The van der Waals surface area contributed by atoms with Crippen molar-refractivity contribution in [3.8, 4) is 0 Å². The molecule has 1 heterocycles. The van der Waals surface area contributed by atoms with Gasteiger partial charge in [0.05, 0.1) is 5.75 Å². The van der Waals surface area contributed by atoms with Crippen molar-refractivity contribution in [3.63, 3.8) is 0 Å². The molecular formula is C14H19N3OS. The number of thioether (sulfide) groups is 1. The molecule has 4 nitrogen and oxygen atoms in total. The number of aryl methyl sites for hydroxylation is 1. The number of benzene rings is 1. The first-order valence-electron chi connectivity index (χ1n) is 6.49. The average molecular weight is 277 g/mol. The van der Waals surface area contributed by atoms with Crippen molar-refractivity contribution in [1.29, 1.82) is 0 Å². The van der Waals surface area contributed by atoms with Gasteiger partial charge in [0.2, 0.25) is 5.89 Å². The molecule has 1 aromatic heterocycles. The summed E-state index contributed by atoms with van der Waals surface area (Å²) >= 11 is 1.72. The van der Waals surface area contributed by atoms with Crippen LogP contribution in [0.2, 0.25) is 0 Å². The summed E-state index contributed by atoms with van der Waals surface area (Å²) in [6, 6.07) is 8.60. The van der Waals surface area contributed by atoms with E-state index < -0.39 is 0 Å². The van der Waals surface area contributed by atoms with Crippen molar-refractivity contribution in [1.82, 2.24) is 15.5 Å². The fourth-order valence-corrected chi connectivity index (χ4v) is 2.40. The molecule has 0 bridgehead atoms. The van der Waals surface area contributed by atoms with Crippen molar-refractivity contribution < 1.29 is 4.52 Å². The maximum atomic E-state index is 4.94. The lowest BCUT2D eigenvalue weighted by molar-refractivity contribution is 0.389. The van der Waals surface area contributed by atoms with Gasteiger partial charge < -0.3 is 9.84 Å². The predicted octanol–water partition coefficient (Wildman–Crippen LogP) is 3.17. The third-order valence-electron chi connectivity index (χ3n) is 2.62. The average Bonchev–Trinajstić information content (AvgIpc) is 2.84. The molecule has 5 heteroatoms. The highest BCUT2D eigenvalue weighted by atomic mass is 32.2. The fraction of sp³-hybridized carbons (Fsp3) is 0.429. The van der Waals surface area contributed by atoms with Crippen LogP contribution in [-0.2, 0) is 12.3 Å². The van der Waals surface area contributed by atoms with Gasteiger partial charge in [0.25, 0.3) is 0 Å². The van der Waals surface area contributed by atoms with Gasteiger partial charge in [-0.1, -0.05) is 24.2 Å². The van der Waals surface area contributed by atoms with Gasteiger partial charge in [-0.05, 0) is 30.7 Å². The molecule has 0 unspecified atom stereocenters. The second-order valence-corrected chi connectivity index (χ2v) is 5.39. The number of rotatable bonds is 7. The second-order valence-electron chi connectivity index (χ2n) is 4.34. The maximum Gasteiger partial charge on any atom is 0.223 e. The second kappa shape index (κ2) is 7.31. The summed E-state index contributed by atoms with van der Waals surface area (Å²) in [4.78, 5) is 5.41. The molecule has 1 N–H and O–H groups in total. The van der Waals surface area contributed by atoms with Crippen LogP contribution in [0, 0.1) is 6.92 Å². The van der Waals surface area contributed by atoms with Crippen LogP contribution in [0.25, 0.3) is 0 Å². The first kappa shape index (κ1) is 14.1. The van der Waals surface area contributed by atoms with E-state index in [1.807, 2.05) is 0 Å². The maximum absolute atomic E-state index is 4.94. The topological polar surface area (TPSA) is 51.0 Å². The normalized spacial score (nSPS) is 10.8. The van der Waals surface area contributed by atoms with Crippen LogP contribution < -0.4 is 5.32 Å². The Hall–Kier alpha value is -1.33. The molecule has 19 heavy (non-hydrogen) atoms. The molecule has 0 radical (unpaired) electrons. The Morgan fingerprint density at radius 1 is 1.26 bits per heavy atom. The highest BCUT2D eigenvalue weighted by Crippen LogP contribution is 2.21. The van der Waals surface area contributed by atoms with Gasteiger partial charge in [-0.2, -0.15) is 4.98 Å². The zero-order chi connectivity index (χ0) is 13.5. The van der Waals surface area contributed by atoms with E-state index in [-0.39, 0.29) is 0 Å². The number of hydrogen-bond acceptors (Lipinski definition) is 5. The van der Waals surface area contributed by atoms with Gasteiger partial charge >= 0.3 is 0 Å². The van der Waals surface area contributed by atoms with Gasteiger partial charge in [0.15, 0.2) is 5.82 Å². The Kier molecular flexibility index (Phi) is 5.42. The van der Waals surface area contributed by atoms with Crippen LogP contribution >= 0.6 is 11.8 Å². The molecule has 0 amide bonds. The summed E-state index contributed by atoms with van der Waals surface area (Å²) in [7, 11) is 0. The van der Waals surface area contributed by atoms with Crippen LogP contribution in [-0.4, -0.2) is 16.7 Å². The minimum Gasteiger partial charge on any atom is -0.340 e. The highest BCUT2D eigenvalue weighted by Gasteiger charge is 2.03. The predicted molar refractivity (Wildman–Crippen MR) is 77.0 cm³/mol. The summed E-state index contributed by atoms with van der Waals surface area (Å²) in [5, 5.41) is 7.27. The third-order valence-corrected chi connectivity index (χ3v) is 3.62. The minimum atomic E-state index is 0.618. The highest BCUT2D eigenvalue weighted by molar-refractivity contribution is 7.98. The zero-order valence-corrected chi connectivity index (χ0v) is 12.2. The van der Waals surface area contributed by atoms with E-state index in [4.69, 9.17) is 4.52 Å². The van der Waals surface area contributed by atoms with Crippen LogP contribution in [0.4, 0.5) is 0 Å². The fourth-order valence-electron chi connectivity index (χ4n) is 1.66. The van der Waals surface area contributed by atoms with Crippen molar-refractivity contribution in [2.75, 3.05) is 6.54 Å². The Balaban J connectivity index is 1.81. The molecule has 0 aliphatic rings. The Bertz CT molecular complexity index is 496. The van der Waals surface area contributed by atoms with E-state index >= 15 is 0 Å². The van der Waals surface area contributed by atoms with Gasteiger partial charge in [0.1, 0.15) is 0 Å². The molecule has 0 aliphatic heterocycles. The van der Waals surface area contributed by atoms with Crippen molar-refractivity contribution >= 4 is 11.8 Å². The molecule has 0 saturated heterocycles. The smallest absolute Gasteiger partial charge is 0.223 e. The molecule has 0 fully saturated rings. The van der Waals surface area contributed by atoms with Crippen molar-refractivity contribution in [2.24, 2.45) is 0 Å². The molecule has 0 atom stereocenters. The molecule has 0 spiro atoms. The summed E-state index contributed by atoms with van der Waals surface area (Å²) in [5.41, 5.74) is 1.31. The van der Waals surface area contributed by atoms with Gasteiger partial charge in [0, 0.05) is 18.4 Å². The number of nitrogens with zero attached hydrogens (tertiary/aromatic N) is 2. The molecule has 1 aromatic carbocycles. The van der Waals surface area contributed by atoms with Crippen molar-refractivity contribution in [2.45, 2.75) is 37.5 Å².